The number of anilines is 1. The highest BCUT2D eigenvalue weighted by Gasteiger charge is 2.47. The highest BCUT2D eigenvalue weighted by Crippen LogP contribution is 2.47. The van der Waals surface area contributed by atoms with Crippen LogP contribution in [0.3, 0.4) is 0 Å². The van der Waals surface area contributed by atoms with Gasteiger partial charge in [-0.2, -0.15) is 5.26 Å². The Bertz CT molecular complexity index is 1540. The molecule has 1 saturated heterocycles. The number of ether oxygens (including phenoxy) is 1. The lowest BCUT2D eigenvalue weighted by Crippen LogP contribution is -2.54. The van der Waals surface area contributed by atoms with E-state index in [1.165, 1.54) is 0 Å². The Morgan fingerprint density at radius 1 is 0.949 bits per heavy atom. The summed E-state index contributed by atoms with van der Waals surface area (Å²) < 4.78 is 5.74. The van der Waals surface area contributed by atoms with Crippen LogP contribution in [0.15, 0.2) is 79.1 Å². The lowest BCUT2D eigenvalue weighted by Gasteiger charge is -2.41. The van der Waals surface area contributed by atoms with Crippen molar-refractivity contribution in [3.05, 3.63) is 100 Å². The smallest absolute Gasteiger partial charge is 0.243 e. The maximum absolute atomic E-state index is 14.3. The van der Waals surface area contributed by atoms with Crippen molar-refractivity contribution in [2.45, 2.75) is 12.8 Å². The average Bonchev–Trinajstić information content (AvgIpc) is 2.97. The minimum atomic E-state index is -1.41. The number of rotatable bonds is 6. The number of hydrogen-bond acceptors (Lipinski definition) is 5. The summed E-state index contributed by atoms with van der Waals surface area (Å²) >= 11 is 12.8. The molecule has 8 heteroatoms. The summed E-state index contributed by atoms with van der Waals surface area (Å²) in [5, 5.41) is 13.7. The van der Waals surface area contributed by atoms with Crippen LogP contribution in [-0.4, -0.2) is 49.1 Å². The summed E-state index contributed by atoms with van der Waals surface area (Å²) in [5.74, 6) is -0.156. The number of halogens is 2. The molecule has 2 heterocycles. The molecule has 0 radical (unpaired) electrons. The maximum Gasteiger partial charge on any atom is 0.243 e. The summed E-state index contributed by atoms with van der Waals surface area (Å²) in [6.45, 7) is 3.67. The second-order valence-corrected chi connectivity index (χ2v) is 10.6. The first-order valence-electron chi connectivity index (χ1n) is 12.7. The fourth-order valence-corrected chi connectivity index (χ4v) is 6.20. The van der Waals surface area contributed by atoms with E-state index in [1.807, 2.05) is 66.7 Å². The number of nitrogens with zero attached hydrogens (tertiary/aromatic N) is 4. The molecule has 0 aliphatic carbocycles. The molecule has 1 aliphatic heterocycles. The Kier molecular flexibility index (Phi) is 7.65. The van der Waals surface area contributed by atoms with Gasteiger partial charge < -0.3 is 14.5 Å². The summed E-state index contributed by atoms with van der Waals surface area (Å²) in [7, 11) is 1.61. The first kappa shape index (κ1) is 26.8. The van der Waals surface area contributed by atoms with Crippen molar-refractivity contribution in [3.8, 4) is 11.8 Å². The average molecular weight is 559 g/mol. The Morgan fingerprint density at radius 3 is 2.26 bits per heavy atom. The number of amides is 1. The van der Waals surface area contributed by atoms with E-state index >= 15 is 0 Å². The molecule has 198 valence electrons. The predicted molar refractivity (Wildman–Crippen MR) is 156 cm³/mol. The molecule has 39 heavy (non-hydrogen) atoms. The maximum atomic E-state index is 14.3. The van der Waals surface area contributed by atoms with Crippen molar-refractivity contribution in [2.75, 3.05) is 38.2 Å². The van der Waals surface area contributed by atoms with Crippen LogP contribution < -0.4 is 9.64 Å². The van der Waals surface area contributed by atoms with E-state index in [-0.39, 0.29) is 5.91 Å². The Labute approximate surface area is 238 Å². The van der Waals surface area contributed by atoms with Crippen LogP contribution in [0.2, 0.25) is 10.0 Å². The van der Waals surface area contributed by atoms with E-state index in [0.29, 0.717) is 47.7 Å². The van der Waals surface area contributed by atoms with Gasteiger partial charge in [-0.25, -0.2) is 0 Å². The van der Waals surface area contributed by atoms with E-state index in [0.717, 1.165) is 21.9 Å². The molecule has 0 bridgehead atoms. The summed E-state index contributed by atoms with van der Waals surface area (Å²) in [5.41, 5.74) is 1.00. The molecule has 2 atom stereocenters. The van der Waals surface area contributed by atoms with Gasteiger partial charge in [0.15, 0.2) is 0 Å². The van der Waals surface area contributed by atoms with E-state index in [1.54, 1.807) is 31.3 Å². The van der Waals surface area contributed by atoms with E-state index < -0.39 is 11.3 Å². The molecule has 1 aromatic heterocycles. The number of piperazine rings is 1. The first-order valence-corrected chi connectivity index (χ1v) is 13.5. The number of fused-ring (bicyclic) bond motifs is 1. The summed E-state index contributed by atoms with van der Waals surface area (Å²) in [6, 6.07) is 24.1. The van der Waals surface area contributed by atoms with E-state index in [2.05, 4.69) is 16.0 Å². The van der Waals surface area contributed by atoms with Gasteiger partial charge in [-0.05, 0) is 29.3 Å². The molecule has 1 unspecified atom stereocenters. The number of methoxy groups -OCH3 is 1. The van der Waals surface area contributed by atoms with Crippen LogP contribution in [0.25, 0.3) is 10.8 Å². The zero-order valence-corrected chi connectivity index (χ0v) is 23.3. The largest absolute Gasteiger partial charge is 0.496 e. The Morgan fingerprint density at radius 2 is 1.56 bits per heavy atom. The minimum absolute atomic E-state index is 0.222. The molecule has 1 aliphatic rings. The van der Waals surface area contributed by atoms with Crippen molar-refractivity contribution in [3.63, 3.8) is 0 Å². The van der Waals surface area contributed by atoms with Crippen LogP contribution >= 0.6 is 23.2 Å². The third-order valence-electron chi connectivity index (χ3n) is 7.55. The fourth-order valence-electron chi connectivity index (χ4n) is 5.60. The van der Waals surface area contributed by atoms with Gasteiger partial charge in [-0.15, -0.1) is 0 Å². The van der Waals surface area contributed by atoms with Crippen molar-refractivity contribution >= 4 is 45.6 Å². The molecule has 1 amide bonds. The molecule has 3 aromatic carbocycles. The normalized spacial score (nSPS) is 15.9. The SMILES string of the molecule is COc1ccccc1[C@H](c1cccc2ccccc12)C(C)(C#N)C(=O)N1CCN(c2c(Cl)cncc2Cl)CC1. The monoisotopic (exact) mass is 558 g/mol. The Hall–Kier alpha value is -3.79. The topological polar surface area (TPSA) is 69.5 Å². The molecule has 5 rings (SSSR count). The van der Waals surface area contributed by atoms with Gasteiger partial charge in [0.25, 0.3) is 0 Å². The van der Waals surface area contributed by atoms with Gasteiger partial charge in [0.1, 0.15) is 11.2 Å². The number of pyridine rings is 1. The minimum Gasteiger partial charge on any atom is -0.496 e. The lowest BCUT2D eigenvalue weighted by atomic mass is 9.68. The predicted octanol–water partition coefficient (Wildman–Crippen LogP) is 6.56. The molecule has 0 spiro atoms. The number of carbonyl (C=O) groups is 1. The quantitative estimate of drug-likeness (QED) is 0.268. The molecule has 0 N–H and O–H groups in total. The second kappa shape index (κ2) is 11.1. The van der Waals surface area contributed by atoms with Gasteiger partial charge in [0, 0.05) is 50.1 Å². The number of hydrogen-bond donors (Lipinski definition) is 0. The van der Waals surface area contributed by atoms with Gasteiger partial charge >= 0.3 is 0 Å². The lowest BCUT2D eigenvalue weighted by molar-refractivity contribution is -0.139. The summed E-state index contributed by atoms with van der Waals surface area (Å²) in [6.07, 6.45) is 3.13. The van der Waals surface area contributed by atoms with Gasteiger partial charge in [0.2, 0.25) is 5.91 Å². The van der Waals surface area contributed by atoms with Crippen LogP contribution in [0.4, 0.5) is 5.69 Å². The van der Waals surface area contributed by atoms with Crippen LogP contribution in [0.5, 0.6) is 5.75 Å². The third-order valence-corrected chi connectivity index (χ3v) is 8.10. The Balaban J connectivity index is 1.55. The molecule has 1 fully saturated rings. The second-order valence-electron chi connectivity index (χ2n) is 9.79. The molecule has 4 aromatic rings. The first-order chi connectivity index (χ1) is 18.9. The van der Waals surface area contributed by atoms with Gasteiger partial charge in [-0.3, -0.25) is 9.78 Å². The number of benzene rings is 3. The highest BCUT2D eigenvalue weighted by molar-refractivity contribution is 6.38. The van der Waals surface area contributed by atoms with Crippen LogP contribution in [-0.2, 0) is 4.79 Å². The van der Waals surface area contributed by atoms with Crippen molar-refractivity contribution in [1.82, 2.24) is 9.88 Å². The van der Waals surface area contributed by atoms with Gasteiger partial charge in [0.05, 0.1) is 28.9 Å². The third kappa shape index (κ3) is 4.89. The number of carbonyl (C=O) groups excluding carboxylic acids is 1. The number of aromatic nitrogens is 1. The van der Waals surface area contributed by atoms with E-state index in [9.17, 15) is 10.1 Å². The standard InChI is InChI=1S/C31H28Cl2N4O2/c1-31(20-34,30(38)37-16-14-36(15-17-37)29-25(32)18-35-19-26(29)33)28(24-11-5-6-13-27(24)39-2)23-12-7-9-21-8-3-4-10-22(21)23/h3-13,18-19,28H,14-17H2,1-2H3/t28-,31?/m0/s1. The molecule has 6 nitrogen and oxygen atoms in total. The molecular weight excluding hydrogens is 531 g/mol. The summed E-state index contributed by atoms with van der Waals surface area (Å²) in [4.78, 5) is 22.2. The van der Waals surface area contributed by atoms with Crippen molar-refractivity contribution in [2.24, 2.45) is 5.41 Å². The van der Waals surface area contributed by atoms with Crippen molar-refractivity contribution < 1.29 is 9.53 Å². The van der Waals surface area contributed by atoms with Crippen LogP contribution in [0, 0.1) is 16.7 Å². The molecule has 0 saturated carbocycles. The fraction of sp³-hybridized carbons (Fsp3) is 0.258. The zero-order valence-electron chi connectivity index (χ0n) is 21.8. The molecular formula is C31H28Cl2N4O2. The zero-order chi connectivity index (χ0) is 27.6. The van der Waals surface area contributed by atoms with Gasteiger partial charge in [-0.1, -0.05) is 83.9 Å². The highest BCUT2D eigenvalue weighted by atomic mass is 35.5. The van der Waals surface area contributed by atoms with Crippen LogP contribution in [0.1, 0.15) is 24.0 Å². The number of nitriles is 1. The van der Waals surface area contributed by atoms with Crippen molar-refractivity contribution in [1.29, 1.82) is 5.26 Å². The number of para-hydroxylation sites is 1. The van der Waals surface area contributed by atoms with E-state index in [4.69, 9.17) is 27.9 Å².